The number of amides is 1. The summed E-state index contributed by atoms with van der Waals surface area (Å²) in [5, 5.41) is 2.61. The van der Waals surface area contributed by atoms with Crippen molar-refractivity contribution >= 4 is 5.91 Å². The first-order valence-corrected chi connectivity index (χ1v) is 3.58. The van der Waals surface area contributed by atoms with E-state index in [0.717, 1.165) is 0 Å². The Morgan fingerprint density at radius 2 is 2.00 bits per heavy atom. The van der Waals surface area contributed by atoms with E-state index in [2.05, 4.69) is 5.32 Å². The normalized spacial score (nSPS) is 15.6. The molecule has 5 heteroatoms. The minimum Gasteiger partial charge on any atom is -0.351 e. The minimum absolute atomic E-state index is 0.0416. The van der Waals surface area contributed by atoms with Crippen LogP contribution in [-0.4, -0.2) is 31.1 Å². The first kappa shape index (κ1) is 10.3. The third-order valence-electron chi connectivity index (χ3n) is 1.33. The van der Waals surface area contributed by atoms with Crippen molar-refractivity contribution in [2.75, 3.05) is 13.1 Å². The van der Waals surface area contributed by atoms with Gasteiger partial charge in [0.2, 0.25) is 5.91 Å². The molecule has 0 aromatic heterocycles. The standard InChI is InChI=1S/C6H16N4O/c1-4(2-7)10-6(11)5(9)3-8/h4-5H,2-3,7-9H2,1H3,(H,10,11). The van der Waals surface area contributed by atoms with Crippen LogP contribution in [-0.2, 0) is 4.79 Å². The summed E-state index contributed by atoms with van der Waals surface area (Å²) >= 11 is 0. The van der Waals surface area contributed by atoms with E-state index in [4.69, 9.17) is 17.2 Å². The number of hydrogen-bond acceptors (Lipinski definition) is 4. The lowest BCUT2D eigenvalue weighted by molar-refractivity contribution is -0.122. The van der Waals surface area contributed by atoms with Crippen LogP contribution in [0.1, 0.15) is 6.92 Å². The Morgan fingerprint density at radius 1 is 1.45 bits per heavy atom. The maximum atomic E-state index is 11.0. The highest BCUT2D eigenvalue weighted by atomic mass is 16.2. The predicted octanol–water partition coefficient (Wildman–Crippen LogP) is -2.26. The maximum absolute atomic E-state index is 11.0. The van der Waals surface area contributed by atoms with Gasteiger partial charge in [0, 0.05) is 19.1 Å². The lowest BCUT2D eigenvalue weighted by Crippen LogP contribution is -2.49. The second kappa shape index (κ2) is 5.06. The van der Waals surface area contributed by atoms with Crippen molar-refractivity contribution in [1.82, 2.24) is 5.32 Å². The maximum Gasteiger partial charge on any atom is 0.238 e. The Kier molecular flexibility index (Phi) is 4.76. The van der Waals surface area contributed by atoms with Crippen LogP contribution < -0.4 is 22.5 Å². The van der Waals surface area contributed by atoms with E-state index in [1.165, 1.54) is 0 Å². The smallest absolute Gasteiger partial charge is 0.238 e. The first-order valence-electron chi connectivity index (χ1n) is 3.58. The van der Waals surface area contributed by atoms with E-state index in [-0.39, 0.29) is 18.5 Å². The zero-order valence-electron chi connectivity index (χ0n) is 6.71. The molecular formula is C6H16N4O. The molecule has 0 saturated carbocycles. The Labute approximate surface area is 66.3 Å². The van der Waals surface area contributed by atoms with Crippen LogP contribution >= 0.6 is 0 Å². The lowest BCUT2D eigenvalue weighted by atomic mass is 10.2. The van der Waals surface area contributed by atoms with Crippen molar-refractivity contribution in [3.05, 3.63) is 0 Å². The monoisotopic (exact) mass is 160 g/mol. The van der Waals surface area contributed by atoms with Crippen molar-refractivity contribution < 1.29 is 4.79 Å². The van der Waals surface area contributed by atoms with Gasteiger partial charge in [-0.15, -0.1) is 0 Å². The van der Waals surface area contributed by atoms with Crippen LogP contribution in [0, 0.1) is 0 Å². The van der Waals surface area contributed by atoms with Crippen LogP contribution in [0.3, 0.4) is 0 Å². The average molecular weight is 160 g/mol. The lowest BCUT2D eigenvalue weighted by Gasteiger charge is -2.14. The number of carbonyl (C=O) groups is 1. The minimum atomic E-state index is -0.621. The van der Waals surface area contributed by atoms with Crippen LogP contribution in [0.25, 0.3) is 0 Å². The fraction of sp³-hybridized carbons (Fsp3) is 0.833. The topological polar surface area (TPSA) is 107 Å². The second-order valence-corrected chi connectivity index (χ2v) is 2.49. The molecule has 66 valence electrons. The number of nitrogens with one attached hydrogen (secondary N) is 1. The van der Waals surface area contributed by atoms with E-state index in [0.29, 0.717) is 6.54 Å². The number of rotatable bonds is 4. The SMILES string of the molecule is CC(CN)NC(=O)C(N)CN. The van der Waals surface area contributed by atoms with Crippen molar-refractivity contribution in [3.63, 3.8) is 0 Å². The Bertz CT molecular complexity index is 128. The van der Waals surface area contributed by atoms with E-state index in [1.807, 2.05) is 0 Å². The Morgan fingerprint density at radius 3 is 2.36 bits per heavy atom. The van der Waals surface area contributed by atoms with E-state index in [1.54, 1.807) is 6.92 Å². The predicted molar refractivity (Wildman–Crippen MR) is 43.7 cm³/mol. The third kappa shape index (κ3) is 3.92. The highest BCUT2D eigenvalue weighted by molar-refractivity contribution is 5.81. The summed E-state index contributed by atoms with van der Waals surface area (Å²) in [7, 11) is 0. The molecule has 0 aliphatic carbocycles. The van der Waals surface area contributed by atoms with Gasteiger partial charge in [-0.3, -0.25) is 4.79 Å². The highest BCUT2D eigenvalue weighted by Gasteiger charge is 2.12. The van der Waals surface area contributed by atoms with Gasteiger partial charge in [-0.2, -0.15) is 0 Å². The van der Waals surface area contributed by atoms with Gasteiger partial charge in [0.25, 0.3) is 0 Å². The van der Waals surface area contributed by atoms with Gasteiger partial charge in [0.15, 0.2) is 0 Å². The molecule has 0 aromatic rings. The molecular weight excluding hydrogens is 144 g/mol. The molecule has 0 aromatic carbocycles. The molecule has 0 rings (SSSR count). The average Bonchev–Trinajstić information content (AvgIpc) is 2.02. The third-order valence-corrected chi connectivity index (χ3v) is 1.33. The van der Waals surface area contributed by atoms with Gasteiger partial charge in [-0.1, -0.05) is 0 Å². The quantitative estimate of drug-likeness (QED) is 0.372. The molecule has 0 spiro atoms. The molecule has 0 fully saturated rings. The van der Waals surface area contributed by atoms with Crippen LogP contribution in [0.2, 0.25) is 0 Å². The van der Waals surface area contributed by atoms with Crippen molar-refractivity contribution in [2.24, 2.45) is 17.2 Å². The van der Waals surface area contributed by atoms with E-state index in [9.17, 15) is 4.79 Å². The largest absolute Gasteiger partial charge is 0.351 e. The van der Waals surface area contributed by atoms with Crippen LogP contribution in [0.15, 0.2) is 0 Å². The molecule has 0 aliphatic heterocycles. The molecule has 11 heavy (non-hydrogen) atoms. The zero-order chi connectivity index (χ0) is 8.85. The number of nitrogens with two attached hydrogens (primary N) is 3. The van der Waals surface area contributed by atoms with Gasteiger partial charge in [0.05, 0.1) is 6.04 Å². The molecule has 2 atom stereocenters. The fourth-order valence-corrected chi connectivity index (χ4v) is 0.516. The first-order chi connectivity index (χ1) is 5.11. The molecule has 2 unspecified atom stereocenters. The van der Waals surface area contributed by atoms with Crippen LogP contribution in [0.4, 0.5) is 0 Å². The van der Waals surface area contributed by atoms with Crippen molar-refractivity contribution in [1.29, 1.82) is 0 Å². The summed E-state index contributed by atoms with van der Waals surface area (Å²) in [6, 6.07) is -0.663. The molecule has 0 bridgehead atoms. The summed E-state index contributed by atoms with van der Waals surface area (Å²) in [5.74, 6) is -0.245. The van der Waals surface area contributed by atoms with Gasteiger partial charge < -0.3 is 22.5 Å². The molecule has 7 N–H and O–H groups in total. The van der Waals surface area contributed by atoms with Crippen LogP contribution in [0.5, 0.6) is 0 Å². The molecule has 0 saturated heterocycles. The summed E-state index contributed by atoms with van der Waals surface area (Å²) in [4.78, 5) is 11.0. The second-order valence-electron chi connectivity index (χ2n) is 2.49. The summed E-state index contributed by atoms with van der Waals surface area (Å²) in [6.45, 7) is 2.37. The molecule has 1 amide bonds. The molecule has 0 radical (unpaired) electrons. The van der Waals surface area contributed by atoms with Gasteiger partial charge in [-0.05, 0) is 6.92 Å². The summed E-state index contributed by atoms with van der Waals surface area (Å²) in [6.07, 6.45) is 0. The van der Waals surface area contributed by atoms with E-state index < -0.39 is 6.04 Å². The van der Waals surface area contributed by atoms with Gasteiger partial charge in [0.1, 0.15) is 0 Å². The molecule has 0 heterocycles. The van der Waals surface area contributed by atoms with E-state index >= 15 is 0 Å². The number of carbonyl (C=O) groups excluding carboxylic acids is 1. The molecule has 5 nitrogen and oxygen atoms in total. The molecule has 0 aliphatic rings. The fourth-order valence-electron chi connectivity index (χ4n) is 0.516. The van der Waals surface area contributed by atoms with Gasteiger partial charge in [-0.25, -0.2) is 0 Å². The Balaban J connectivity index is 3.68. The zero-order valence-corrected chi connectivity index (χ0v) is 6.71. The van der Waals surface area contributed by atoms with Gasteiger partial charge >= 0.3 is 0 Å². The van der Waals surface area contributed by atoms with Crippen molar-refractivity contribution in [3.8, 4) is 0 Å². The summed E-state index contributed by atoms with van der Waals surface area (Å²) in [5.41, 5.74) is 15.8. The number of hydrogen-bond donors (Lipinski definition) is 4. The summed E-state index contributed by atoms with van der Waals surface area (Å²) < 4.78 is 0. The van der Waals surface area contributed by atoms with Crippen molar-refractivity contribution in [2.45, 2.75) is 19.0 Å². The highest BCUT2D eigenvalue weighted by Crippen LogP contribution is 1.79. The Hall–Kier alpha value is -0.650.